The Morgan fingerprint density at radius 3 is 2.41 bits per heavy atom. The van der Waals surface area contributed by atoms with E-state index in [1.165, 1.54) is 38.5 Å². The lowest BCUT2D eigenvalue weighted by Crippen LogP contribution is -2.45. The average Bonchev–Trinajstić information content (AvgIpc) is 3.03. The van der Waals surface area contributed by atoms with Gasteiger partial charge < -0.3 is 29.3 Å². The molecule has 3 aromatic rings. The molecule has 4 rings (SSSR count). The van der Waals surface area contributed by atoms with Gasteiger partial charge in [-0.3, -0.25) is 9.59 Å². The Morgan fingerprint density at radius 2 is 1.77 bits per heavy atom. The van der Waals surface area contributed by atoms with Gasteiger partial charge in [0, 0.05) is 52.4 Å². The van der Waals surface area contributed by atoms with E-state index in [1.54, 1.807) is 35.2 Å². The van der Waals surface area contributed by atoms with Crippen LogP contribution in [0, 0.1) is 5.41 Å². The molecule has 0 aromatic heterocycles. The van der Waals surface area contributed by atoms with E-state index in [-0.39, 0.29) is 31.1 Å². The predicted molar refractivity (Wildman–Crippen MR) is 148 cm³/mol. The Morgan fingerprint density at radius 1 is 1.05 bits per heavy atom. The van der Waals surface area contributed by atoms with Crippen LogP contribution in [-0.2, 0) is 9.53 Å². The average molecular weight is 554 g/mol. The molecule has 9 heteroatoms. The predicted octanol–water partition coefficient (Wildman–Crippen LogP) is 5.18. The topological polar surface area (TPSA) is 106 Å². The Kier molecular flexibility index (Phi) is 8.49. The highest BCUT2D eigenvalue weighted by Crippen LogP contribution is 2.45. The molecule has 0 unspecified atom stereocenters. The first kappa shape index (κ1) is 28.4. The van der Waals surface area contributed by atoms with E-state index >= 15 is 0 Å². The first-order chi connectivity index (χ1) is 18.6. The molecular weight excluding hydrogens is 522 g/mol. The lowest BCUT2D eigenvalue weighted by molar-refractivity contribution is -0.132. The SMILES string of the molecule is COc1cccc([C@H]2O[C@H](CC(=O)c3ccc(O)cc3)C(=O)N(CC(C)(C)CO)c3ccc(Cl)cc32)c1OC. The number of carbonyl (C=O) groups excluding carboxylic acids is 2. The number of benzene rings is 3. The second-order valence-corrected chi connectivity index (χ2v) is 10.6. The summed E-state index contributed by atoms with van der Waals surface area (Å²) < 4.78 is 17.7. The third-order valence-corrected chi connectivity index (χ3v) is 6.93. The van der Waals surface area contributed by atoms with Gasteiger partial charge in [-0.25, -0.2) is 0 Å². The van der Waals surface area contributed by atoms with Gasteiger partial charge in [0.05, 0.1) is 14.2 Å². The smallest absolute Gasteiger partial charge is 0.256 e. The number of nitrogens with zero attached hydrogens (tertiary/aromatic N) is 1. The van der Waals surface area contributed by atoms with Crippen molar-refractivity contribution in [3.05, 3.63) is 82.4 Å². The van der Waals surface area contributed by atoms with Crippen LogP contribution < -0.4 is 14.4 Å². The highest BCUT2D eigenvalue weighted by Gasteiger charge is 2.40. The lowest BCUT2D eigenvalue weighted by atomic mass is 9.92. The van der Waals surface area contributed by atoms with Crippen LogP contribution in [0.25, 0.3) is 0 Å². The number of para-hydroxylation sites is 1. The molecule has 1 aliphatic rings. The Bertz CT molecular complexity index is 1360. The molecule has 0 bridgehead atoms. The maximum absolute atomic E-state index is 14.1. The zero-order chi connectivity index (χ0) is 28.3. The number of amides is 1. The fourth-order valence-corrected chi connectivity index (χ4v) is 4.82. The summed E-state index contributed by atoms with van der Waals surface area (Å²) in [5.74, 6) is 0.193. The minimum Gasteiger partial charge on any atom is -0.508 e. The minimum absolute atomic E-state index is 0.0308. The van der Waals surface area contributed by atoms with Crippen LogP contribution in [0.2, 0.25) is 5.02 Å². The van der Waals surface area contributed by atoms with Crippen molar-refractivity contribution in [1.29, 1.82) is 0 Å². The molecule has 1 heterocycles. The van der Waals surface area contributed by atoms with Crippen LogP contribution >= 0.6 is 11.6 Å². The van der Waals surface area contributed by atoms with Crippen molar-refractivity contribution in [2.24, 2.45) is 5.41 Å². The Balaban J connectivity index is 1.88. The lowest BCUT2D eigenvalue weighted by Gasteiger charge is -2.32. The molecule has 0 saturated carbocycles. The van der Waals surface area contributed by atoms with E-state index in [0.717, 1.165) is 0 Å². The number of rotatable bonds is 9. The van der Waals surface area contributed by atoms with Gasteiger partial charge in [-0.2, -0.15) is 0 Å². The highest BCUT2D eigenvalue weighted by atomic mass is 35.5. The van der Waals surface area contributed by atoms with Gasteiger partial charge in [0.2, 0.25) is 0 Å². The Labute approximate surface area is 232 Å². The van der Waals surface area contributed by atoms with E-state index in [1.807, 2.05) is 19.9 Å². The van der Waals surface area contributed by atoms with Crippen LogP contribution in [0.4, 0.5) is 5.69 Å². The van der Waals surface area contributed by atoms with Crippen molar-refractivity contribution < 1.29 is 34.0 Å². The van der Waals surface area contributed by atoms with Gasteiger partial charge in [-0.05, 0) is 48.5 Å². The molecular formula is C30H32ClNO7. The Hall–Kier alpha value is -3.59. The molecule has 39 heavy (non-hydrogen) atoms. The summed E-state index contributed by atoms with van der Waals surface area (Å²) in [5.41, 5.74) is 1.45. The number of phenols is 1. The number of carbonyl (C=O) groups is 2. The summed E-state index contributed by atoms with van der Waals surface area (Å²) in [6.45, 7) is 3.71. The maximum Gasteiger partial charge on any atom is 0.256 e. The van der Waals surface area contributed by atoms with Crippen molar-refractivity contribution in [3.8, 4) is 17.2 Å². The second kappa shape index (κ2) is 11.7. The van der Waals surface area contributed by atoms with Crippen LogP contribution in [-0.4, -0.2) is 55.4 Å². The van der Waals surface area contributed by atoms with Crippen molar-refractivity contribution in [1.82, 2.24) is 0 Å². The van der Waals surface area contributed by atoms with Crippen molar-refractivity contribution >= 4 is 29.0 Å². The summed E-state index contributed by atoms with van der Waals surface area (Å²) in [4.78, 5) is 28.9. The van der Waals surface area contributed by atoms with Gasteiger partial charge in [0.25, 0.3) is 5.91 Å². The van der Waals surface area contributed by atoms with Gasteiger partial charge in [-0.1, -0.05) is 37.6 Å². The maximum atomic E-state index is 14.1. The fourth-order valence-electron chi connectivity index (χ4n) is 4.64. The standard InChI is InChI=1S/C30H32ClNO7/c1-30(2,17-33)16-32-23-13-10-19(31)14-22(23)27(21-6-5-7-25(37-3)28(21)38-4)39-26(29(32)36)15-24(35)18-8-11-20(34)12-9-18/h5-14,26-27,33-34H,15-17H2,1-4H3/t26-,27-/m1/s1. The molecule has 0 fully saturated rings. The second-order valence-electron chi connectivity index (χ2n) is 10.2. The van der Waals surface area contributed by atoms with Crippen molar-refractivity contribution in [2.45, 2.75) is 32.5 Å². The number of Topliss-reactive ketones (excluding diaryl/α,β-unsaturated/α-hetero) is 1. The number of aromatic hydroxyl groups is 1. The molecule has 2 atom stereocenters. The number of phenolic OH excluding ortho intramolecular Hbond substituents is 1. The number of methoxy groups -OCH3 is 2. The number of hydrogen-bond acceptors (Lipinski definition) is 7. The van der Waals surface area contributed by atoms with Gasteiger partial charge in [-0.15, -0.1) is 0 Å². The van der Waals surface area contributed by atoms with Crippen molar-refractivity contribution in [2.75, 3.05) is 32.3 Å². The normalized spacial score (nSPS) is 17.4. The third kappa shape index (κ3) is 6.03. The zero-order valence-electron chi connectivity index (χ0n) is 22.3. The van der Waals surface area contributed by atoms with E-state index < -0.39 is 23.5 Å². The molecule has 0 saturated heterocycles. The highest BCUT2D eigenvalue weighted by molar-refractivity contribution is 6.30. The van der Waals surface area contributed by atoms with Crippen LogP contribution in [0.3, 0.4) is 0 Å². The van der Waals surface area contributed by atoms with Crippen LogP contribution in [0.1, 0.15) is 47.9 Å². The summed E-state index contributed by atoms with van der Waals surface area (Å²) in [6.07, 6.45) is -2.26. The molecule has 2 N–H and O–H groups in total. The van der Waals surface area contributed by atoms with E-state index in [4.69, 9.17) is 25.8 Å². The summed E-state index contributed by atoms with van der Waals surface area (Å²) in [6, 6.07) is 16.4. The largest absolute Gasteiger partial charge is 0.508 e. The number of ether oxygens (including phenoxy) is 3. The molecule has 0 aliphatic carbocycles. The summed E-state index contributed by atoms with van der Waals surface area (Å²) in [5, 5.41) is 20.1. The monoisotopic (exact) mass is 553 g/mol. The quantitative estimate of drug-likeness (QED) is 0.352. The molecule has 1 amide bonds. The van der Waals surface area contributed by atoms with Gasteiger partial charge in [0.15, 0.2) is 17.3 Å². The number of ketones is 1. The molecule has 8 nitrogen and oxygen atoms in total. The summed E-state index contributed by atoms with van der Waals surface area (Å²) >= 11 is 6.44. The molecule has 206 valence electrons. The third-order valence-electron chi connectivity index (χ3n) is 6.69. The summed E-state index contributed by atoms with van der Waals surface area (Å²) in [7, 11) is 3.05. The van der Waals surface area contributed by atoms with Crippen molar-refractivity contribution in [3.63, 3.8) is 0 Å². The molecule has 0 spiro atoms. The van der Waals surface area contributed by atoms with Crippen LogP contribution in [0.15, 0.2) is 60.7 Å². The number of anilines is 1. The number of halogens is 1. The van der Waals surface area contributed by atoms with E-state index in [0.29, 0.717) is 38.9 Å². The molecule has 3 aromatic carbocycles. The van der Waals surface area contributed by atoms with E-state index in [9.17, 15) is 19.8 Å². The number of aliphatic hydroxyl groups excluding tert-OH is 1. The van der Waals surface area contributed by atoms with Gasteiger partial charge in [0.1, 0.15) is 18.0 Å². The van der Waals surface area contributed by atoms with E-state index in [2.05, 4.69) is 0 Å². The minimum atomic E-state index is -1.17. The molecule has 0 radical (unpaired) electrons. The van der Waals surface area contributed by atoms with Crippen LogP contribution in [0.5, 0.6) is 17.2 Å². The number of hydrogen-bond donors (Lipinski definition) is 2. The zero-order valence-corrected chi connectivity index (χ0v) is 23.1. The fraction of sp³-hybridized carbons (Fsp3) is 0.333. The number of fused-ring (bicyclic) bond motifs is 1. The first-order valence-electron chi connectivity index (χ1n) is 12.5. The number of aliphatic hydroxyl groups is 1. The van der Waals surface area contributed by atoms with Gasteiger partial charge >= 0.3 is 0 Å². The molecule has 1 aliphatic heterocycles. The first-order valence-corrected chi connectivity index (χ1v) is 12.9.